The molecule has 5 heterocycles. The van der Waals surface area contributed by atoms with E-state index < -0.39 is 0 Å². The Morgan fingerprint density at radius 2 is 1.94 bits per heavy atom. The number of morpholine rings is 1. The van der Waals surface area contributed by atoms with Gasteiger partial charge in [-0.05, 0) is 16.5 Å². The number of nitrogens with one attached hydrogen (secondary N) is 2. The molecule has 4 aliphatic rings. The van der Waals surface area contributed by atoms with Gasteiger partial charge in [-0.3, -0.25) is 0 Å². The van der Waals surface area contributed by atoms with Gasteiger partial charge in [0.05, 0.1) is 45.6 Å². The second kappa shape index (κ2) is 9.57. The highest BCUT2D eigenvalue weighted by Crippen LogP contribution is 2.35. The fraction of sp³-hybridized carbons (Fsp3) is 0.652. The van der Waals surface area contributed by atoms with Crippen molar-refractivity contribution in [2.45, 2.75) is 43.7 Å². The summed E-state index contributed by atoms with van der Waals surface area (Å²) in [6, 6.07) is 8.08. The average Bonchev–Trinajstić information content (AvgIpc) is 3.66. The van der Waals surface area contributed by atoms with Crippen molar-refractivity contribution in [3.63, 3.8) is 0 Å². The third-order valence-corrected chi connectivity index (χ3v) is 7.39. The summed E-state index contributed by atoms with van der Waals surface area (Å²) in [6.07, 6.45) is 2.18. The molecule has 0 radical (unpaired) electrons. The minimum Gasteiger partial charge on any atom is -0.378 e. The Morgan fingerprint density at radius 1 is 1.12 bits per heavy atom. The van der Waals surface area contributed by atoms with Crippen LogP contribution in [0.1, 0.15) is 24.4 Å². The van der Waals surface area contributed by atoms with Gasteiger partial charge in [0.2, 0.25) is 0 Å². The number of likely N-dealkylation sites (tertiary alicyclic amines) is 1. The summed E-state index contributed by atoms with van der Waals surface area (Å²) >= 11 is 0. The summed E-state index contributed by atoms with van der Waals surface area (Å²) in [4.78, 5) is 16.1. The molecule has 11 nitrogen and oxygen atoms in total. The minimum atomic E-state index is -0.225. The number of amides is 2. The van der Waals surface area contributed by atoms with Gasteiger partial charge >= 0.3 is 6.03 Å². The van der Waals surface area contributed by atoms with Crippen molar-refractivity contribution in [1.29, 1.82) is 0 Å². The summed E-state index contributed by atoms with van der Waals surface area (Å²) < 4.78 is 19.4. The number of ether oxygens (including phenoxy) is 3. The summed E-state index contributed by atoms with van der Waals surface area (Å²) in [5.41, 5.74) is 2.30. The van der Waals surface area contributed by atoms with Crippen molar-refractivity contribution in [3.05, 3.63) is 29.8 Å². The molecule has 4 fully saturated rings. The lowest BCUT2D eigenvalue weighted by molar-refractivity contribution is -0.901. The van der Waals surface area contributed by atoms with E-state index in [9.17, 15) is 4.79 Å². The number of aromatic nitrogens is 4. The van der Waals surface area contributed by atoms with E-state index in [1.54, 1.807) is 9.80 Å². The molecule has 1 aromatic heterocycles. The van der Waals surface area contributed by atoms with Crippen LogP contribution in [0.15, 0.2) is 24.3 Å². The van der Waals surface area contributed by atoms with Crippen LogP contribution >= 0.6 is 0 Å². The zero-order chi connectivity index (χ0) is 22.9. The molecule has 1 aromatic carbocycles. The van der Waals surface area contributed by atoms with Crippen molar-refractivity contribution < 1.29 is 23.9 Å². The molecule has 2 amide bonds. The van der Waals surface area contributed by atoms with Gasteiger partial charge in [0.1, 0.15) is 24.8 Å². The standard InChI is InChI=1S/C23H31N7O4/c31-23(29-8-10-32-11-9-29)24-18-14-33-21-19(15-34-20(18)21)30-22(25-26-27-30)17-5-3-4-16(12-17)13-28-6-1-2-7-28/h3-5,12,18-21H,1-2,6-11,13-15H2,(H,24,31)/p+1/t18-,19-,20+,21+/m0/s1. The molecule has 0 spiro atoms. The Hall–Kier alpha value is -2.60. The predicted octanol–water partition coefficient (Wildman–Crippen LogP) is -0.732. The zero-order valence-corrected chi connectivity index (χ0v) is 19.3. The summed E-state index contributed by atoms with van der Waals surface area (Å²) in [6.45, 7) is 6.70. The smallest absolute Gasteiger partial charge is 0.317 e. The number of carbonyl (C=O) groups is 1. The van der Waals surface area contributed by atoms with Crippen LogP contribution < -0.4 is 10.2 Å². The van der Waals surface area contributed by atoms with E-state index in [4.69, 9.17) is 14.2 Å². The van der Waals surface area contributed by atoms with E-state index in [0.29, 0.717) is 39.5 Å². The molecule has 0 unspecified atom stereocenters. The number of tetrazole rings is 1. The summed E-state index contributed by atoms with van der Waals surface area (Å²) in [7, 11) is 0. The maximum atomic E-state index is 12.7. The molecular weight excluding hydrogens is 438 g/mol. The molecule has 2 aromatic rings. The minimum absolute atomic E-state index is 0.0929. The molecular formula is C23H32N7O4+. The maximum absolute atomic E-state index is 12.7. The second-order valence-corrected chi connectivity index (χ2v) is 9.60. The average molecular weight is 471 g/mol. The number of urea groups is 1. The molecule has 0 aliphatic carbocycles. The van der Waals surface area contributed by atoms with Crippen LogP contribution in [0.5, 0.6) is 0 Å². The number of benzene rings is 1. The van der Waals surface area contributed by atoms with Crippen molar-refractivity contribution in [3.8, 4) is 11.4 Å². The molecule has 6 rings (SSSR count). The highest BCUT2D eigenvalue weighted by atomic mass is 16.6. The first kappa shape index (κ1) is 21.9. The summed E-state index contributed by atoms with van der Waals surface area (Å²) in [5.74, 6) is 0.719. The highest BCUT2D eigenvalue weighted by molar-refractivity contribution is 5.74. The Morgan fingerprint density at radius 3 is 2.79 bits per heavy atom. The Balaban J connectivity index is 1.15. The molecule has 0 saturated carbocycles. The van der Waals surface area contributed by atoms with Crippen molar-refractivity contribution in [1.82, 2.24) is 30.4 Å². The Labute approximate surface area is 198 Å². The third kappa shape index (κ3) is 4.28. The number of quaternary nitrogens is 1. The third-order valence-electron chi connectivity index (χ3n) is 7.39. The van der Waals surface area contributed by atoms with Crippen LogP contribution in [-0.4, -0.2) is 102 Å². The normalized spacial score (nSPS) is 29.5. The summed E-state index contributed by atoms with van der Waals surface area (Å²) in [5, 5.41) is 15.7. The van der Waals surface area contributed by atoms with Gasteiger partial charge in [-0.2, -0.15) is 0 Å². The van der Waals surface area contributed by atoms with E-state index in [1.807, 2.05) is 4.68 Å². The lowest BCUT2D eigenvalue weighted by Crippen LogP contribution is -3.08. The van der Waals surface area contributed by atoms with Crippen LogP contribution in [0.25, 0.3) is 11.4 Å². The van der Waals surface area contributed by atoms with Crippen molar-refractivity contribution in [2.24, 2.45) is 0 Å². The van der Waals surface area contributed by atoms with Crippen LogP contribution in [-0.2, 0) is 20.8 Å². The first-order chi connectivity index (χ1) is 16.8. The topological polar surface area (TPSA) is 108 Å². The number of nitrogens with zero attached hydrogens (tertiary/aromatic N) is 5. The van der Waals surface area contributed by atoms with Crippen LogP contribution in [0.2, 0.25) is 0 Å². The molecule has 4 saturated heterocycles. The van der Waals surface area contributed by atoms with Gasteiger partial charge in [0.15, 0.2) is 5.82 Å². The van der Waals surface area contributed by atoms with Gasteiger partial charge in [0.25, 0.3) is 0 Å². The highest BCUT2D eigenvalue weighted by Gasteiger charge is 2.50. The molecule has 4 atom stereocenters. The van der Waals surface area contributed by atoms with E-state index in [2.05, 4.69) is 45.1 Å². The van der Waals surface area contributed by atoms with E-state index in [1.165, 1.54) is 31.5 Å². The van der Waals surface area contributed by atoms with Crippen LogP contribution in [0.3, 0.4) is 0 Å². The van der Waals surface area contributed by atoms with Gasteiger partial charge < -0.3 is 29.3 Å². The molecule has 0 bridgehead atoms. The number of rotatable bonds is 5. The zero-order valence-electron chi connectivity index (χ0n) is 19.3. The van der Waals surface area contributed by atoms with E-state index >= 15 is 0 Å². The van der Waals surface area contributed by atoms with E-state index in [0.717, 1.165) is 17.9 Å². The first-order valence-corrected chi connectivity index (χ1v) is 12.3. The van der Waals surface area contributed by atoms with Gasteiger partial charge in [-0.15, -0.1) is 5.10 Å². The second-order valence-electron chi connectivity index (χ2n) is 9.60. The maximum Gasteiger partial charge on any atom is 0.317 e. The lowest BCUT2D eigenvalue weighted by atomic mass is 10.1. The van der Waals surface area contributed by atoms with Gasteiger partial charge in [0, 0.05) is 37.1 Å². The number of fused-ring (bicyclic) bond motifs is 1. The monoisotopic (exact) mass is 470 g/mol. The molecule has 182 valence electrons. The van der Waals surface area contributed by atoms with Gasteiger partial charge in [-0.1, -0.05) is 18.2 Å². The molecule has 2 N–H and O–H groups in total. The SMILES string of the molecule is O=C(N[C@H]1CO[C@H]2[C@@H]1OC[C@@H]2n1nnnc1-c1cccc(C[NH+]2CCCC2)c1)N1CCOCC1. The van der Waals surface area contributed by atoms with E-state index in [-0.39, 0.29) is 30.3 Å². The van der Waals surface area contributed by atoms with Crippen molar-refractivity contribution >= 4 is 6.03 Å². The first-order valence-electron chi connectivity index (χ1n) is 12.3. The predicted molar refractivity (Wildman–Crippen MR) is 120 cm³/mol. The molecule has 11 heteroatoms. The van der Waals surface area contributed by atoms with Crippen LogP contribution in [0, 0.1) is 0 Å². The number of hydrogen-bond acceptors (Lipinski definition) is 7. The lowest BCUT2D eigenvalue weighted by Gasteiger charge is -2.29. The van der Waals surface area contributed by atoms with Crippen molar-refractivity contribution in [2.75, 3.05) is 52.6 Å². The van der Waals surface area contributed by atoms with Crippen LogP contribution in [0.4, 0.5) is 4.79 Å². The largest absolute Gasteiger partial charge is 0.378 e. The fourth-order valence-corrected chi connectivity index (χ4v) is 5.60. The fourth-order valence-electron chi connectivity index (χ4n) is 5.60. The van der Waals surface area contributed by atoms with Gasteiger partial charge in [-0.25, -0.2) is 9.48 Å². The number of hydrogen-bond donors (Lipinski definition) is 2. The Kier molecular flexibility index (Phi) is 6.16. The number of carbonyl (C=O) groups excluding carboxylic acids is 1. The Bertz CT molecular complexity index is 1000. The molecule has 4 aliphatic heterocycles. The molecule has 34 heavy (non-hydrogen) atoms. The quantitative estimate of drug-likeness (QED) is 0.593.